The van der Waals surface area contributed by atoms with Crippen LogP contribution in [0.15, 0.2) is 176 Å². The van der Waals surface area contributed by atoms with Crippen molar-refractivity contribution in [1.29, 1.82) is 0 Å². The van der Waals surface area contributed by atoms with Crippen LogP contribution in [0.2, 0.25) is 0 Å². The monoisotopic (exact) mass is 655 g/mol. The van der Waals surface area contributed by atoms with Gasteiger partial charge in [-0.25, -0.2) is 15.0 Å². The Morgan fingerprint density at radius 3 is 1.56 bits per heavy atom. The lowest BCUT2D eigenvalue weighted by Gasteiger charge is -2.34. The molecule has 1 aliphatic rings. The molecular weight excluding hydrogens is 627 g/mol. The minimum atomic E-state index is -0.529. The van der Waals surface area contributed by atoms with Crippen LogP contribution in [0.1, 0.15) is 22.3 Å². The summed E-state index contributed by atoms with van der Waals surface area (Å²) in [6, 6.07) is 62.7. The van der Waals surface area contributed by atoms with E-state index in [2.05, 4.69) is 115 Å². The summed E-state index contributed by atoms with van der Waals surface area (Å²) in [6.07, 6.45) is 0. The maximum absolute atomic E-state index is 5.02. The average Bonchev–Trinajstić information content (AvgIpc) is 3.73. The number of aromatic nitrogens is 3. The first-order chi connectivity index (χ1) is 24.8. The normalized spacial score (nSPS) is 14.9. The van der Waals surface area contributed by atoms with Gasteiger partial charge in [-0.05, 0) is 45.5 Å². The van der Waals surface area contributed by atoms with Gasteiger partial charge < -0.3 is 0 Å². The van der Waals surface area contributed by atoms with Crippen molar-refractivity contribution in [3.05, 3.63) is 198 Å². The fourth-order valence-electron chi connectivity index (χ4n) is 7.87. The van der Waals surface area contributed by atoms with Crippen molar-refractivity contribution < 1.29 is 0 Å². The molecule has 0 amide bonds. The number of hydrogen-bond donors (Lipinski definition) is 0. The molecule has 234 valence electrons. The number of hydrogen-bond acceptors (Lipinski definition) is 4. The Morgan fingerprint density at radius 2 is 0.900 bits per heavy atom. The molecule has 0 fully saturated rings. The summed E-state index contributed by atoms with van der Waals surface area (Å²) in [5.74, 6) is 1.96. The van der Waals surface area contributed by atoms with Crippen molar-refractivity contribution in [2.75, 3.05) is 0 Å². The van der Waals surface area contributed by atoms with E-state index in [4.69, 9.17) is 15.0 Å². The molecule has 9 aromatic rings. The molecule has 3 nitrogen and oxygen atoms in total. The van der Waals surface area contributed by atoms with E-state index in [0.29, 0.717) is 17.5 Å². The SMILES string of the molecule is c1ccc(-c2nc(-c3ccccc3)nc(-c3ccc(C4(c5ccccc5)c5ccccc5-c5ccc6sc7ccccc7c6c54)cc3)n2)cc1. The molecule has 7 aromatic carbocycles. The van der Waals surface area contributed by atoms with Crippen LogP contribution in [0.25, 0.3) is 65.5 Å². The highest BCUT2D eigenvalue weighted by molar-refractivity contribution is 7.25. The average molecular weight is 656 g/mol. The van der Waals surface area contributed by atoms with Gasteiger partial charge in [0.15, 0.2) is 17.5 Å². The van der Waals surface area contributed by atoms with E-state index in [9.17, 15) is 0 Å². The molecule has 2 heterocycles. The van der Waals surface area contributed by atoms with Crippen LogP contribution >= 0.6 is 11.3 Å². The highest BCUT2D eigenvalue weighted by Crippen LogP contribution is 2.59. The summed E-state index contributed by atoms with van der Waals surface area (Å²) in [5.41, 5.74) is 10.0. The lowest BCUT2D eigenvalue weighted by Crippen LogP contribution is -2.28. The van der Waals surface area contributed by atoms with E-state index in [1.165, 1.54) is 53.6 Å². The van der Waals surface area contributed by atoms with Gasteiger partial charge in [-0.3, -0.25) is 0 Å². The molecule has 0 saturated carbocycles. The number of rotatable bonds is 5. The van der Waals surface area contributed by atoms with Crippen LogP contribution in [-0.2, 0) is 5.41 Å². The quantitative estimate of drug-likeness (QED) is 0.185. The van der Waals surface area contributed by atoms with Gasteiger partial charge in [0.2, 0.25) is 0 Å². The molecule has 1 aliphatic carbocycles. The van der Waals surface area contributed by atoms with Crippen molar-refractivity contribution in [1.82, 2.24) is 15.0 Å². The molecule has 0 saturated heterocycles. The Balaban J connectivity index is 1.22. The zero-order valence-corrected chi connectivity index (χ0v) is 27.8. The topological polar surface area (TPSA) is 38.7 Å². The highest BCUT2D eigenvalue weighted by Gasteiger charge is 2.47. The van der Waals surface area contributed by atoms with Gasteiger partial charge in [-0.1, -0.05) is 164 Å². The van der Waals surface area contributed by atoms with Crippen molar-refractivity contribution in [3.8, 4) is 45.3 Å². The standard InChI is InChI=1S/C46H29N3S/c1-4-14-30(15-5-1)43-47-44(31-16-6-2-7-17-31)49-45(48-43)32-24-26-34(27-25-32)46(33-18-8-3-9-19-33)38-22-12-10-20-35(38)36-28-29-40-41(42(36)46)37-21-11-13-23-39(37)50-40/h1-29H. The minimum absolute atomic E-state index is 0.529. The number of nitrogens with zero attached hydrogens (tertiary/aromatic N) is 3. The van der Waals surface area contributed by atoms with Crippen LogP contribution in [0.3, 0.4) is 0 Å². The number of thiophene rings is 1. The second-order valence-electron chi connectivity index (χ2n) is 12.7. The maximum atomic E-state index is 5.02. The molecule has 4 heteroatoms. The summed E-state index contributed by atoms with van der Waals surface area (Å²) < 4.78 is 2.61. The zero-order valence-electron chi connectivity index (χ0n) is 27.0. The van der Waals surface area contributed by atoms with Crippen LogP contribution < -0.4 is 0 Å². The summed E-state index contributed by atoms with van der Waals surface area (Å²) in [5, 5.41) is 2.64. The molecule has 0 spiro atoms. The lowest BCUT2D eigenvalue weighted by molar-refractivity contribution is 0.776. The van der Waals surface area contributed by atoms with Crippen LogP contribution in [0.5, 0.6) is 0 Å². The van der Waals surface area contributed by atoms with E-state index in [-0.39, 0.29) is 0 Å². The van der Waals surface area contributed by atoms with Gasteiger partial charge in [-0.2, -0.15) is 0 Å². The Morgan fingerprint density at radius 1 is 0.380 bits per heavy atom. The van der Waals surface area contributed by atoms with Crippen LogP contribution in [0.4, 0.5) is 0 Å². The molecule has 0 aliphatic heterocycles. The molecule has 1 unspecified atom stereocenters. The van der Waals surface area contributed by atoms with Gasteiger partial charge in [0.1, 0.15) is 0 Å². The maximum Gasteiger partial charge on any atom is 0.164 e. The van der Waals surface area contributed by atoms with Crippen molar-refractivity contribution >= 4 is 31.5 Å². The first-order valence-electron chi connectivity index (χ1n) is 16.9. The van der Waals surface area contributed by atoms with E-state index in [1.54, 1.807) is 0 Å². The Bertz CT molecular complexity index is 2630. The predicted molar refractivity (Wildman–Crippen MR) is 206 cm³/mol. The predicted octanol–water partition coefficient (Wildman–Crippen LogP) is 11.6. The molecular formula is C46H29N3S. The smallest absolute Gasteiger partial charge is 0.164 e. The first-order valence-corrected chi connectivity index (χ1v) is 17.7. The summed E-state index contributed by atoms with van der Waals surface area (Å²) in [7, 11) is 0. The third-order valence-corrected chi connectivity index (χ3v) is 11.2. The van der Waals surface area contributed by atoms with Gasteiger partial charge in [-0.15, -0.1) is 11.3 Å². The van der Waals surface area contributed by atoms with E-state index in [1.807, 2.05) is 72.0 Å². The van der Waals surface area contributed by atoms with Gasteiger partial charge in [0.25, 0.3) is 0 Å². The molecule has 0 N–H and O–H groups in total. The third kappa shape index (κ3) is 4.32. The minimum Gasteiger partial charge on any atom is -0.208 e. The van der Waals surface area contributed by atoms with Gasteiger partial charge in [0, 0.05) is 36.9 Å². The second kappa shape index (κ2) is 11.4. The van der Waals surface area contributed by atoms with Gasteiger partial charge in [0.05, 0.1) is 5.41 Å². The molecule has 1 atom stereocenters. The molecule has 10 rings (SSSR count). The summed E-state index contributed by atoms with van der Waals surface area (Å²) >= 11 is 1.87. The van der Waals surface area contributed by atoms with E-state index < -0.39 is 5.41 Å². The highest BCUT2D eigenvalue weighted by atomic mass is 32.1. The van der Waals surface area contributed by atoms with Gasteiger partial charge >= 0.3 is 0 Å². The van der Waals surface area contributed by atoms with Crippen LogP contribution in [0, 0.1) is 0 Å². The fourth-order valence-corrected chi connectivity index (χ4v) is 8.99. The van der Waals surface area contributed by atoms with Crippen molar-refractivity contribution in [2.45, 2.75) is 5.41 Å². The van der Waals surface area contributed by atoms with E-state index in [0.717, 1.165) is 16.7 Å². The zero-order chi connectivity index (χ0) is 33.1. The molecule has 0 radical (unpaired) electrons. The fraction of sp³-hybridized carbons (Fsp3) is 0.0217. The Kier molecular flexibility index (Phi) is 6.58. The molecule has 0 bridgehead atoms. The van der Waals surface area contributed by atoms with Crippen LogP contribution in [-0.4, -0.2) is 15.0 Å². The van der Waals surface area contributed by atoms with E-state index >= 15 is 0 Å². The Hall–Kier alpha value is -6.23. The van der Waals surface area contributed by atoms with Crippen molar-refractivity contribution in [2.24, 2.45) is 0 Å². The third-order valence-electron chi connectivity index (χ3n) is 10.0. The molecule has 2 aromatic heterocycles. The number of fused-ring (bicyclic) bond motifs is 7. The number of benzene rings is 7. The Labute approximate surface area is 294 Å². The summed E-state index contributed by atoms with van der Waals surface area (Å²) in [4.78, 5) is 15.0. The second-order valence-corrected chi connectivity index (χ2v) is 13.8. The first kappa shape index (κ1) is 28.8. The molecule has 50 heavy (non-hydrogen) atoms. The summed E-state index contributed by atoms with van der Waals surface area (Å²) in [6.45, 7) is 0. The largest absolute Gasteiger partial charge is 0.208 e. The lowest BCUT2D eigenvalue weighted by atomic mass is 9.66. The van der Waals surface area contributed by atoms with Crippen molar-refractivity contribution in [3.63, 3.8) is 0 Å².